The summed E-state index contributed by atoms with van der Waals surface area (Å²) in [7, 11) is 0. The summed E-state index contributed by atoms with van der Waals surface area (Å²) in [6.07, 6.45) is 3.02. The van der Waals surface area contributed by atoms with Gasteiger partial charge in [0.2, 0.25) is 0 Å². The van der Waals surface area contributed by atoms with Gasteiger partial charge in [-0.1, -0.05) is 0 Å². The molecule has 0 radical (unpaired) electrons. The summed E-state index contributed by atoms with van der Waals surface area (Å²) in [6.45, 7) is 3.71. The molecule has 0 bridgehead atoms. The van der Waals surface area contributed by atoms with Crippen LogP contribution >= 0.6 is 0 Å². The number of aromatic nitrogens is 6. The first-order valence-electron chi connectivity index (χ1n) is 11.8. The fourth-order valence-corrected chi connectivity index (χ4v) is 4.98. The average molecular weight is 489 g/mol. The summed E-state index contributed by atoms with van der Waals surface area (Å²) in [6, 6.07) is 8.01. The third-order valence-corrected chi connectivity index (χ3v) is 6.83. The first-order chi connectivity index (χ1) is 17.7. The van der Waals surface area contributed by atoms with Gasteiger partial charge in [0.05, 0.1) is 48.9 Å². The van der Waals surface area contributed by atoms with Gasteiger partial charge in [0.1, 0.15) is 34.8 Å². The van der Waals surface area contributed by atoms with E-state index in [9.17, 15) is 4.39 Å². The number of nitrogens with zero attached hydrogens (tertiary/aromatic N) is 6. The maximum Gasteiger partial charge on any atom is 0.163 e. The molecule has 0 saturated carbocycles. The SMILES string of the molecule is Fc1ccc(F)c2c(-n3c(C4COC4)nc4c(-c5nnc[nH]5)cc(N5CCOCC5)cc43)ccnc12. The summed E-state index contributed by atoms with van der Waals surface area (Å²) in [4.78, 5) is 14.5. The van der Waals surface area contributed by atoms with Crippen LogP contribution in [0.1, 0.15) is 11.7 Å². The van der Waals surface area contributed by atoms with Crippen molar-refractivity contribution in [2.24, 2.45) is 0 Å². The van der Waals surface area contributed by atoms with Gasteiger partial charge in [-0.05, 0) is 30.3 Å². The van der Waals surface area contributed by atoms with Gasteiger partial charge >= 0.3 is 0 Å². The summed E-state index contributed by atoms with van der Waals surface area (Å²) < 4.78 is 42.8. The molecule has 182 valence electrons. The number of imidazole rings is 1. The zero-order valence-electron chi connectivity index (χ0n) is 19.1. The Morgan fingerprint density at radius 1 is 0.972 bits per heavy atom. The minimum absolute atomic E-state index is 0.00616. The molecule has 2 aliphatic heterocycles. The number of ether oxygens (including phenoxy) is 2. The molecule has 3 aromatic heterocycles. The molecule has 9 nitrogen and oxygen atoms in total. The molecule has 0 amide bonds. The molecular weight excluding hydrogens is 468 g/mol. The van der Waals surface area contributed by atoms with E-state index in [-0.39, 0.29) is 16.8 Å². The number of aromatic amines is 1. The molecule has 0 spiro atoms. The molecule has 2 saturated heterocycles. The van der Waals surface area contributed by atoms with E-state index in [1.54, 1.807) is 6.07 Å². The highest BCUT2D eigenvalue weighted by Gasteiger charge is 2.30. The quantitative estimate of drug-likeness (QED) is 0.412. The topological polar surface area (TPSA) is 94.0 Å². The predicted molar refractivity (Wildman–Crippen MR) is 128 cm³/mol. The van der Waals surface area contributed by atoms with Gasteiger partial charge in [-0.3, -0.25) is 9.55 Å². The zero-order chi connectivity index (χ0) is 24.2. The maximum atomic E-state index is 15.2. The van der Waals surface area contributed by atoms with Crippen LogP contribution in [0.5, 0.6) is 0 Å². The Balaban J connectivity index is 1.57. The van der Waals surface area contributed by atoms with E-state index in [0.29, 0.717) is 49.3 Å². The summed E-state index contributed by atoms with van der Waals surface area (Å²) in [5.41, 5.74) is 3.63. The first-order valence-corrected chi connectivity index (χ1v) is 11.8. The Bertz CT molecular complexity index is 1590. The Kier molecular flexibility index (Phi) is 4.93. The van der Waals surface area contributed by atoms with Crippen molar-refractivity contribution in [2.45, 2.75) is 5.92 Å². The van der Waals surface area contributed by atoms with Crippen LogP contribution in [0.3, 0.4) is 0 Å². The third-order valence-electron chi connectivity index (χ3n) is 6.83. The summed E-state index contributed by atoms with van der Waals surface area (Å²) in [5, 5.41) is 8.32. The number of pyridine rings is 1. The van der Waals surface area contributed by atoms with Gasteiger partial charge in [0.25, 0.3) is 0 Å². The molecule has 11 heteroatoms. The standard InChI is InChI=1S/C25H21F2N7O2/c26-17-1-2-18(27)23-21(17)19(3-4-28-23)34-20-10-15(33-5-7-35-8-6-33)9-16(24-29-13-30-32-24)22(20)31-25(34)14-11-36-12-14/h1-4,9-10,13-14H,5-8,11-12H2,(H,29,30,32). The van der Waals surface area contributed by atoms with Gasteiger partial charge in [-0.2, -0.15) is 0 Å². The highest BCUT2D eigenvalue weighted by Crippen LogP contribution is 2.39. The number of fused-ring (bicyclic) bond motifs is 2. The fraction of sp³-hybridized carbons (Fsp3) is 0.280. The molecule has 5 heterocycles. The first kappa shape index (κ1) is 21.3. The predicted octanol–water partition coefficient (Wildman–Crippen LogP) is 3.59. The van der Waals surface area contributed by atoms with E-state index in [2.05, 4.69) is 25.1 Å². The second-order valence-corrected chi connectivity index (χ2v) is 8.92. The van der Waals surface area contributed by atoms with Gasteiger partial charge < -0.3 is 19.4 Å². The monoisotopic (exact) mass is 489 g/mol. The number of nitrogens with one attached hydrogen (secondary N) is 1. The van der Waals surface area contributed by atoms with Crippen LogP contribution in [-0.4, -0.2) is 69.2 Å². The molecule has 0 atom stereocenters. The van der Waals surface area contributed by atoms with Crippen molar-refractivity contribution in [3.63, 3.8) is 0 Å². The van der Waals surface area contributed by atoms with Gasteiger partial charge in [-0.15, -0.1) is 10.2 Å². The van der Waals surface area contributed by atoms with E-state index in [4.69, 9.17) is 14.5 Å². The van der Waals surface area contributed by atoms with Gasteiger partial charge in [0.15, 0.2) is 5.82 Å². The Hall–Kier alpha value is -3.96. The van der Waals surface area contributed by atoms with Gasteiger partial charge in [0, 0.05) is 30.5 Å². The molecule has 0 aliphatic carbocycles. The second kappa shape index (κ2) is 8.32. The van der Waals surface area contributed by atoms with Crippen molar-refractivity contribution in [3.8, 4) is 17.1 Å². The molecule has 1 N–H and O–H groups in total. The van der Waals surface area contributed by atoms with E-state index in [0.717, 1.165) is 42.0 Å². The molecule has 2 fully saturated rings. The lowest BCUT2D eigenvalue weighted by atomic mass is 10.1. The molecule has 2 aliphatic rings. The number of H-pyrrole nitrogens is 1. The van der Waals surface area contributed by atoms with Crippen molar-refractivity contribution in [3.05, 3.63) is 60.3 Å². The number of hydrogen-bond acceptors (Lipinski definition) is 7. The lowest BCUT2D eigenvalue weighted by molar-refractivity contribution is 0.00449. The fourth-order valence-electron chi connectivity index (χ4n) is 4.98. The number of rotatable bonds is 4. The molecule has 7 rings (SSSR count). The van der Waals surface area contributed by atoms with Crippen LogP contribution in [0, 0.1) is 11.6 Å². The van der Waals surface area contributed by atoms with Crippen LogP contribution in [0.2, 0.25) is 0 Å². The number of anilines is 1. The molecule has 2 aromatic carbocycles. The van der Waals surface area contributed by atoms with Crippen molar-refractivity contribution in [1.29, 1.82) is 0 Å². The largest absolute Gasteiger partial charge is 0.380 e. The third kappa shape index (κ3) is 3.27. The highest BCUT2D eigenvalue weighted by molar-refractivity contribution is 5.97. The Labute approximate surface area is 203 Å². The number of halogens is 2. The number of hydrogen-bond donors (Lipinski definition) is 1. The minimum atomic E-state index is -0.581. The van der Waals surface area contributed by atoms with E-state index < -0.39 is 11.6 Å². The number of morpholine rings is 1. The van der Waals surface area contributed by atoms with Gasteiger partial charge in [-0.25, -0.2) is 13.8 Å². The van der Waals surface area contributed by atoms with Crippen LogP contribution in [0.15, 0.2) is 42.9 Å². The second-order valence-electron chi connectivity index (χ2n) is 8.92. The summed E-state index contributed by atoms with van der Waals surface area (Å²) >= 11 is 0. The lowest BCUT2D eigenvalue weighted by Crippen LogP contribution is -2.36. The Morgan fingerprint density at radius 3 is 2.56 bits per heavy atom. The van der Waals surface area contributed by atoms with E-state index in [1.807, 2.05) is 16.7 Å². The Morgan fingerprint density at radius 2 is 1.81 bits per heavy atom. The number of benzene rings is 2. The van der Waals surface area contributed by atoms with Crippen LogP contribution in [0.4, 0.5) is 14.5 Å². The minimum Gasteiger partial charge on any atom is -0.380 e. The zero-order valence-corrected chi connectivity index (χ0v) is 19.1. The van der Waals surface area contributed by atoms with Crippen LogP contribution in [0.25, 0.3) is 39.0 Å². The van der Waals surface area contributed by atoms with Crippen molar-refractivity contribution >= 4 is 27.6 Å². The maximum absolute atomic E-state index is 15.2. The average Bonchev–Trinajstić information content (AvgIpc) is 3.53. The van der Waals surface area contributed by atoms with E-state index >= 15 is 4.39 Å². The molecule has 0 unspecified atom stereocenters. The highest BCUT2D eigenvalue weighted by atomic mass is 19.1. The normalized spacial score (nSPS) is 16.7. The lowest BCUT2D eigenvalue weighted by Gasteiger charge is -2.29. The van der Waals surface area contributed by atoms with E-state index in [1.165, 1.54) is 12.5 Å². The van der Waals surface area contributed by atoms with Crippen LogP contribution in [-0.2, 0) is 9.47 Å². The van der Waals surface area contributed by atoms with Crippen molar-refractivity contribution in [1.82, 2.24) is 29.7 Å². The molecule has 36 heavy (non-hydrogen) atoms. The van der Waals surface area contributed by atoms with Crippen LogP contribution < -0.4 is 4.90 Å². The molecule has 5 aromatic rings. The molecular formula is C25H21F2N7O2. The van der Waals surface area contributed by atoms with Crippen molar-refractivity contribution in [2.75, 3.05) is 44.4 Å². The summed E-state index contributed by atoms with van der Waals surface area (Å²) in [5.74, 6) is 0.168. The van der Waals surface area contributed by atoms with Crippen molar-refractivity contribution < 1.29 is 18.3 Å². The smallest absolute Gasteiger partial charge is 0.163 e.